The first kappa shape index (κ1) is 24.1. The highest BCUT2D eigenvalue weighted by Gasteiger charge is 2.33. The van der Waals surface area contributed by atoms with Gasteiger partial charge in [-0.15, -0.1) is 0 Å². The van der Waals surface area contributed by atoms with Gasteiger partial charge in [0, 0.05) is 29.8 Å². The second kappa shape index (κ2) is 9.81. The summed E-state index contributed by atoms with van der Waals surface area (Å²) in [5, 5.41) is 21.0. The number of benzene rings is 1. The van der Waals surface area contributed by atoms with Crippen LogP contribution in [0.1, 0.15) is 54.7 Å². The summed E-state index contributed by atoms with van der Waals surface area (Å²) in [5.41, 5.74) is 6.58. The van der Waals surface area contributed by atoms with Gasteiger partial charge in [-0.05, 0) is 61.6 Å². The fourth-order valence-electron chi connectivity index (χ4n) is 5.06. The Kier molecular flexibility index (Phi) is 6.57. The van der Waals surface area contributed by atoms with E-state index in [0.717, 1.165) is 44.8 Å². The maximum Gasteiger partial charge on any atom is 0.306 e. The molecule has 1 unspecified atom stereocenters. The van der Waals surface area contributed by atoms with Crippen LogP contribution in [0.2, 0.25) is 0 Å². The summed E-state index contributed by atoms with van der Waals surface area (Å²) in [6.07, 6.45) is 3.75. The van der Waals surface area contributed by atoms with Crippen LogP contribution in [0.5, 0.6) is 11.5 Å². The molecule has 1 aromatic carbocycles. The zero-order valence-electron chi connectivity index (χ0n) is 20.6. The van der Waals surface area contributed by atoms with Gasteiger partial charge in [-0.3, -0.25) is 14.7 Å². The number of nitrogens with one attached hydrogen (secondary N) is 1. The van der Waals surface area contributed by atoms with Gasteiger partial charge in [-0.1, -0.05) is 11.6 Å². The van der Waals surface area contributed by atoms with Crippen molar-refractivity contribution >= 4 is 29.3 Å². The largest absolute Gasteiger partial charge is 0.495 e. The number of allylic oxidation sites excluding steroid dienone is 1. The zero-order chi connectivity index (χ0) is 25.4. The molecule has 0 bridgehead atoms. The number of nitrogens with zero attached hydrogens (tertiary/aromatic N) is 2. The molecule has 188 valence electrons. The number of carboxylic acids is 1. The molecule has 0 spiro atoms. The summed E-state index contributed by atoms with van der Waals surface area (Å²) in [5.74, 6) is 0.0396. The number of fused-ring (bicyclic) bond motifs is 3. The SMILES string of the molecule is COc1c(C=C(C)C)cc2c(c1-c1ccsc1)OCc1c(C(=O)N3CCCC(C(=O)O)CC3)n[nH]c1-2. The summed E-state index contributed by atoms with van der Waals surface area (Å²) in [7, 11) is 1.66. The molecular formula is C27H29N3O5S. The Labute approximate surface area is 213 Å². The minimum absolute atomic E-state index is 0.193. The Hall–Kier alpha value is -3.59. The number of carboxylic acid groups (broad SMARTS) is 1. The average molecular weight is 508 g/mol. The number of aromatic amines is 1. The fraction of sp³-hybridized carbons (Fsp3) is 0.370. The number of H-pyrrole nitrogens is 1. The topological polar surface area (TPSA) is 105 Å². The van der Waals surface area contributed by atoms with Gasteiger partial charge >= 0.3 is 5.97 Å². The lowest BCUT2D eigenvalue weighted by atomic mass is 9.92. The molecule has 9 heteroatoms. The molecule has 1 atom stereocenters. The van der Waals surface area contributed by atoms with Gasteiger partial charge in [0.2, 0.25) is 0 Å². The van der Waals surface area contributed by atoms with Gasteiger partial charge in [-0.25, -0.2) is 0 Å². The Balaban J connectivity index is 1.57. The van der Waals surface area contributed by atoms with Crippen LogP contribution < -0.4 is 9.47 Å². The number of aliphatic carboxylic acids is 1. The Morgan fingerprint density at radius 1 is 1.31 bits per heavy atom. The lowest BCUT2D eigenvalue weighted by Crippen LogP contribution is -2.33. The number of carbonyl (C=O) groups excluding carboxylic acids is 1. The summed E-state index contributed by atoms with van der Waals surface area (Å²) in [6, 6.07) is 4.06. The number of hydrogen-bond donors (Lipinski definition) is 2. The predicted molar refractivity (Wildman–Crippen MR) is 138 cm³/mol. The molecular weight excluding hydrogens is 478 g/mol. The van der Waals surface area contributed by atoms with Gasteiger partial charge in [0.25, 0.3) is 5.91 Å². The highest BCUT2D eigenvalue weighted by Crippen LogP contribution is 2.50. The van der Waals surface area contributed by atoms with Crippen molar-refractivity contribution in [2.45, 2.75) is 39.7 Å². The molecule has 5 rings (SSSR count). The van der Waals surface area contributed by atoms with Crippen LogP contribution in [0.3, 0.4) is 0 Å². The molecule has 0 aliphatic carbocycles. The molecule has 1 amide bonds. The van der Waals surface area contributed by atoms with E-state index in [-0.39, 0.29) is 12.5 Å². The maximum absolute atomic E-state index is 13.5. The second-order valence-electron chi connectivity index (χ2n) is 9.46. The van der Waals surface area contributed by atoms with E-state index >= 15 is 0 Å². The van der Waals surface area contributed by atoms with Crippen molar-refractivity contribution in [2.24, 2.45) is 5.92 Å². The number of hydrogen-bond acceptors (Lipinski definition) is 6. The Bertz CT molecular complexity index is 1340. The van der Waals surface area contributed by atoms with Crippen LogP contribution in [-0.4, -0.2) is 52.3 Å². The van der Waals surface area contributed by atoms with Gasteiger partial charge in [-0.2, -0.15) is 16.4 Å². The zero-order valence-corrected chi connectivity index (χ0v) is 21.4. The van der Waals surface area contributed by atoms with Crippen molar-refractivity contribution in [3.8, 4) is 33.9 Å². The molecule has 3 aromatic rings. The molecule has 1 saturated heterocycles. The highest BCUT2D eigenvalue weighted by molar-refractivity contribution is 7.08. The van der Waals surface area contributed by atoms with Crippen LogP contribution in [0.15, 0.2) is 28.5 Å². The van der Waals surface area contributed by atoms with E-state index in [9.17, 15) is 14.7 Å². The van der Waals surface area contributed by atoms with Crippen LogP contribution >= 0.6 is 11.3 Å². The van der Waals surface area contributed by atoms with Crippen molar-refractivity contribution in [3.05, 3.63) is 45.3 Å². The first-order chi connectivity index (χ1) is 17.4. The van der Waals surface area contributed by atoms with E-state index in [1.165, 1.54) is 0 Å². The average Bonchev–Trinajstić information content (AvgIpc) is 3.47. The van der Waals surface area contributed by atoms with Gasteiger partial charge < -0.3 is 19.5 Å². The molecule has 2 aliphatic rings. The third-order valence-electron chi connectivity index (χ3n) is 6.78. The normalized spacial score (nSPS) is 16.9. The standard InChI is InChI=1S/C27H29N3O5S/c1-15(2)11-18-12-19-22-20(13-35-25(19)21(24(18)34-3)17-7-10-36-14-17)23(29-28-22)26(31)30-8-4-5-16(6-9-30)27(32)33/h7,10-12,14,16H,4-6,8-9,13H2,1-3H3,(H,28,29)(H,32,33). The Morgan fingerprint density at radius 2 is 2.14 bits per heavy atom. The monoisotopic (exact) mass is 507 g/mol. The van der Waals surface area contributed by atoms with Crippen molar-refractivity contribution < 1.29 is 24.2 Å². The van der Waals surface area contributed by atoms with Crippen LogP contribution in [0, 0.1) is 5.92 Å². The lowest BCUT2D eigenvalue weighted by molar-refractivity contribution is -0.142. The van der Waals surface area contributed by atoms with E-state index in [0.29, 0.717) is 43.8 Å². The van der Waals surface area contributed by atoms with E-state index in [4.69, 9.17) is 9.47 Å². The van der Waals surface area contributed by atoms with Gasteiger partial charge in [0.05, 0.1) is 24.3 Å². The number of methoxy groups -OCH3 is 1. The van der Waals surface area contributed by atoms with E-state index in [1.54, 1.807) is 23.3 Å². The molecule has 0 radical (unpaired) electrons. The molecule has 4 heterocycles. The number of aromatic nitrogens is 2. The van der Waals surface area contributed by atoms with Crippen LogP contribution in [0.4, 0.5) is 0 Å². The summed E-state index contributed by atoms with van der Waals surface area (Å²) in [4.78, 5) is 26.6. The highest BCUT2D eigenvalue weighted by atomic mass is 32.1. The number of ether oxygens (including phenoxy) is 2. The van der Waals surface area contributed by atoms with Gasteiger partial charge in [0.1, 0.15) is 18.1 Å². The third-order valence-corrected chi connectivity index (χ3v) is 7.47. The van der Waals surface area contributed by atoms with Crippen molar-refractivity contribution in [3.63, 3.8) is 0 Å². The number of rotatable bonds is 5. The number of thiophene rings is 1. The summed E-state index contributed by atoms with van der Waals surface area (Å²) >= 11 is 1.60. The minimum atomic E-state index is -0.796. The maximum atomic E-state index is 13.5. The molecule has 0 saturated carbocycles. The van der Waals surface area contributed by atoms with E-state index in [1.807, 2.05) is 31.4 Å². The molecule has 36 heavy (non-hydrogen) atoms. The molecule has 1 fully saturated rings. The van der Waals surface area contributed by atoms with Crippen LogP contribution in [0.25, 0.3) is 28.5 Å². The molecule has 2 aliphatic heterocycles. The first-order valence-corrected chi connectivity index (χ1v) is 13.0. The summed E-state index contributed by atoms with van der Waals surface area (Å²) in [6.45, 7) is 5.20. The van der Waals surface area contributed by atoms with E-state index in [2.05, 4.69) is 21.7 Å². The number of carbonyl (C=O) groups is 2. The van der Waals surface area contributed by atoms with Crippen molar-refractivity contribution in [1.82, 2.24) is 15.1 Å². The van der Waals surface area contributed by atoms with E-state index < -0.39 is 11.9 Å². The smallest absolute Gasteiger partial charge is 0.306 e. The fourth-order valence-corrected chi connectivity index (χ4v) is 5.70. The Morgan fingerprint density at radius 3 is 2.83 bits per heavy atom. The van der Waals surface area contributed by atoms with Crippen molar-refractivity contribution in [2.75, 3.05) is 20.2 Å². The first-order valence-electron chi connectivity index (χ1n) is 12.0. The predicted octanol–water partition coefficient (Wildman–Crippen LogP) is 5.46. The summed E-state index contributed by atoms with van der Waals surface area (Å²) < 4.78 is 12.2. The molecule has 8 nitrogen and oxygen atoms in total. The quantitative estimate of drug-likeness (QED) is 0.475. The second-order valence-corrected chi connectivity index (χ2v) is 10.2. The number of likely N-dealkylation sites (tertiary alicyclic amines) is 1. The van der Waals surface area contributed by atoms with Gasteiger partial charge in [0.15, 0.2) is 5.69 Å². The molecule has 2 N–H and O–H groups in total. The third kappa shape index (κ3) is 4.28. The lowest BCUT2D eigenvalue weighted by Gasteiger charge is -2.25. The molecule has 2 aromatic heterocycles. The number of amides is 1. The van der Waals surface area contributed by atoms with Crippen molar-refractivity contribution in [1.29, 1.82) is 0 Å². The minimum Gasteiger partial charge on any atom is -0.495 e. The van der Waals surface area contributed by atoms with Crippen LogP contribution in [-0.2, 0) is 11.4 Å².